The first kappa shape index (κ1) is 14.0. The number of alkyl halides is 3. The van der Waals surface area contributed by atoms with E-state index in [-0.39, 0.29) is 13.0 Å². The van der Waals surface area contributed by atoms with Gasteiger partial charge in [0.2, 0.25) is 0 Å². The van der Waals surface area contributed by atoms with Gasteiger partial charge in [0.15, 0.2) is 5.41 Å². The molecular weight excluding hydrogens is 235 g/mol. The van der Waals surface area contributed by atoms with Crippen LogP contribution in [0.15, 0.2) is 12.2 Å². The van der Waals surface area contributed by atoms with Crippen LogP contribution in [-0.4, -0.2) is 41.8 Å². The number of hydrogen-bond donors (Lipinski definition) is 1. The summed E-state index contributed by atoms with van der Waals surface area (Å²) in [6.07, 6.45) is -4.41. The van der Waals surface area contributed by atoms with Crippen LogP contribution >= 0.6 is 0 Å². The second-order valence-electron chi connectivity index (χ2n) is 4.45. The lowest BCUT2D eigenvalue weighted by Crippen LogP contribution is -2.47. The molecule has 0 bridgehead atoms. The molecule has 1 atom stereocenters. The summed E-state index contributed by atoms with van der Waals surface area (Å²) in [7, 11) is 0. The van der Waals surface area contributed by atoms with Crippen molar-refractivity contribution >= 4 is 5.97 Å². The van der Waals surface area contributed by atoms with Crippen molar-refractivity contribution in [3.63, 3.8) is 0 Å². The highest BCUT2D eigenvalue weighted by atomic mass is 19.4. The van der Waals surface area contributed by atoms with Gasteiger partial charge in [-0.2, -0.15) is 13.2 Å². The Bertz CT molecular complexity index is 327. The number of halogens is 3. The Labute approximate surface area is 97.9 Å². The predicted octanol–water partition coefficient (Wildman–Crippen LogP) is 2.29. The van der Waals surface area contributed by atoms with Gasteiger partial charge in [0.25, 0.3) is 0 Å². The van der Waals surface area contributed by atoms with Crippen LogP contribution in [0.2, 0.25) is 0 Å². The van der Waals surface area contributed by atoms with Crippen LogP contribution in [0.25, 0.3) is 0 Å². The minimum atomic E-state index is -4.71. The maximum atomic E-state index is 12.8. The van der Waals surface area contributed by atoms with Crippen molar-refractivity contribution < 1.29 is 23.1 Å². The van der Waals surface area contributed by atoms with E-state index in [1.54, 1.807) is 0 Å². The highest BCUT2D eigenvalue weighted by Crippen LogP contribution is 2.45. The molecule has 1 rings (SSSR count). The molecule has 0 aliphatic carbocycles. The molecule has 1 aliphatic rings. The molecule has 1 fully saturated rings. The number of nitrogens with zero attached hydrogens (tertiary/aromatic N) is 1. The molecule has 1 aliphatic heterocycles. The molecule has 1 unspecified atom stereocenters. The Balaban J connectivity index is 2.80. The smallest absolute Gasteiger partial charge is 0.406 e. The monoisotopic (exact) mass is 251 g/mol. The number of hydrogen-bond acceptors (Lipinski definition) is 2. The molecule has 98 valence electrons. The van der Waals surface area contributed by atoms with E-state index in [9.17, 15) is 18.0 Å². The molecule has 6 heteroatoms. The first-order chi connectivity index (χ1) is 7.73. The fraction of sp³-hybridized carbons (Fsp3) is 0.727. The van der Waals surface area contributed by atoms with Gasteiger partial charge < -0.3 is 5.11 Å². The van der Waals surface area contributed by atoms with Crippen LogP contribution in [-0.2, 0) is 4.79 Å². The highest BCUT2D eigenvalue weighted by Gasteiger charge is 2.63. The summed E-state index contributed by atoms with van der Waals surface area (Å²) < 4.78 is 38.5. The van der Waals surface area contributed by atoms with E-state index < -0.39 is 24.1 Å². The molecule has 0 aromatic rings. The average molecular weight is 251 g/mol. The van der Waals surface area contributed by atoms with Crippen molar-refractivity contribution in [2.24, 2.45) is 5.41 Å². The van der Waals surface area contributed by atoms with E-state index in [4.69, 9.17) is 5.11 Å². The van der Waals surface area contributed by atoms with Crippen LogP contribution in [0.3, 0.4) is 0 Å². The average Bonchev–Trinajstić information content (AvgIpc) is 2.62. The van der Waals surface area contributed by atoms with Gasteiger partial charge in [-0.25, -0.2) is 0 Å². The lowest BCUT2D eigenvalue weighted by molar-refractivity contribution is -0.227. The van der Waals surface area contributed by atoms with Crippen molar-refractivity contribution in [1.29, 1.82) is 0 Å². The zero-order valence-corrected chi connectivity index (χ0v) is 9.68. The van der Waals surface area contributed by atoms with Gasteiger partial charge in [-0.1, -0.05) is 19.1 Å². The standard InChI is InChI=1S/C11H16F3NO2/c1-3-8(2)6-15-5-4-10(7-15,9(16)17)11(12,13)14/h2-7H2,1H3,(H,16,17). The summed E-state index contributed by atoms with van der Waals surface area (Å²) in [4.78, 5) is 12.4. The number of carboxylic acids is 1. The van der Waals surface area contributed by atoms with Crippen LogP contribution in [0.5, 0.6) is 0 Å². The van der Waals surface area contributed by atoms with Crippen molar-refractivity contribution in [2.75, 3.05) is 19.6 Å². The Morgan fingerprint density at radius 2 is 2.12 bits per heavy atom. The fourth-order valence-corrected chi connectivity index (χ4v) is 1.98. The van der Waals surface area contributed by atoms with Crippen LogP contribution < -0.4 is 0 Å². The van der Waals surface area contributed by atoms with Crippen molar-refractivity contribution in [3.8, 4) is 0 Å². The summed E-state index contributed by atoms with van der Waals surface area (Å²) in [6, 6.07) is 0. The second kappa shape index (κ2) is 4.68. The quantitative estimate of drug-likeness (QED) is 0.779. The van der Waals surface area contributed by atoms with E-state index in [0.29, 0.717) is 13.0 Å². The van der Waals surface area contributed by atoms with E-state index in [1.165, 1.54) is 4.90 Å². The summed E-state index contributed by atoms with van der Waals surface area (Å²) in [6.45, 7) is 5.59. The van der Waals surface area contributed by atoms with E-state index in [2.05, 4.69) is 6.58 Å². The first-order valence-electron chi connectivity index (χ1n) is 5.42. The fourth-order valence-electron chi connectivity index (χ4n) is 1.98. The molecule has 1 heterocycles. The van der Waals surface area contributed by atoms with Crippen molar-refractivity contribution in [2.45, 2.75) is 25.9 Å². The topological polar surface area (TPSA) is 40.5 Å². The Kier molecular flexibility index (Phi) is 3.86. The Morgan fingerprint density at radius 3 is 2.47 bits per heavy atom. The molecule has 0 radical (unpaired) electrons. The van der Waals surface area contributed by atoms with Crippen LogP contribution in [0, 0.1) is 5.41 Å². The molecule has 0 amide bonds. The minimum Gasteiger partial charge on any atom is -0.481 e. The SMILES string of the molecule is C=C(CC)CN1CCC(C(=O)O)(C(F)(F)F)C1. The summed E-state index contributed by atoms with van der Waals surface area (Å²) in [5.74, 6) is -1.78. The van der Waals surface area contributed by atoms with E-state index >= 15 is 0 Å². The van der Waals surface area contributed by atoms with Gasteiger partial charge in [0.1, 0.15) is 0 Å². The number of carbonyl (C=O) groups is 1. The highest BCUT2D eigenvalue weighted by molar-refractivity contribution is 5.76. The largest absolute Gasteiger partial charge is 0.481 e. The number of rotatable bonds is 4. The molecule has 1 N–H and O–H groups in total. The zero-order chi connectivity index (χ0) is 13.3. The lowest BCUT2D eigenvalue weighted by atomic mass is 9.86. The number of aliphatic carboxylic acids is 1. The summed E-state index contributed by atoms with van der Waals surface area (Å²) in [5.41, 5.74) is -1.80. The summed E-state index contributed by atoms with van der Waals surface area (Å²) in [5, 5.41) is 8.84. The van der Waals surface area contributed by atoms with Gasteiger partial charge >= 0.3 is 12.1 Å². The maximum Gasteiger partial charge on any atom is 0.406 e. The zero-order valence-electron chi connectivity index (χ0n) is 9.68. The third kappa shape index (κ3) is 2.62. The lowest BCUT2D eigenvalue weighted by Gasteiger charge is -2.27. The molecule has 1 saturated heterocycles. The third-order valence-electron chi connectivity index (χ3n) is 3.25. The molecule has 17 heavy (non-hydrogen) atoms. The molecule has 0 aromatic carbocycles. The summed E-state index contributed by atoms with van der Waals surface area (Å²) >= 11 is 0. The van der Waals surface area contributed by atoms with Crippen LogP contribution in [0.4, 0.5) is 13.2 Å². The minimum absolute atomic E-state index is 0.144. The predicted molar refractivity (Wildman–Crippen MR) is 56.6 cm³/mol. The third-order valence-corrected chi connectivity index (χ3v) is 3.25. The molecule has 0 spiro atoms. The molecule has 0 aromatic heterocycles. The van der Waals surface area contributed by atoms with E-state index in [0.717, 1.165) is 5.57 Å². The van der Waals surface area contributed by atoms with Gasteiger partial charge in [0, 0.05) is 19.6 Å². The van der Waals surface area contributed by atoms with Gasteiger partial charge in [-0.3, -0.25) is 9.69 Å². The number of carboxylic acid groups (broad SMARTS) is 1. The Hall–Kier alpha value is -1.04. The number of likely N-dealkylation sites (tertiary alicyclic amines) is 1. The van der Waals surface area contributed by atoms with E-state index in [1.807, 2.05) is 6.92 Å². The molecule has 0 saturated carbocycles. The second-order valence-corrected chi connectivity index (χ2v) is 4.45. The first-order valence-corrected chi connectivity index (χ1v) is 5.42. The van der Waals surface area contributed by atoms with Gasteiger partial charge in [-0.05, 0) is 12.8 Å². The normalized spacial score (nSPS) is 26.1. The van der Waals surface area contributed by atoms with Crippen molar-refractivity contribution in [3.05, 3.63) is 12.2 Å². The molecule has 3 nitrogen and oxygen atoms in total. The Morgan fingerprint density at radius 1 is 1.53 bits per heavy atom. The molecular formula is C11H16F3NO2. The van der Waals surface area contributed by atoms with Crippen molar-refractivity contribution in [1.82, 2.24) is 4.90 Å². The van der Waals surface area contributed by atoms with Gasteiger partial charge in [-0.15, -0.1) is 0 Å². The van der Waals surface area contributed by atoms with Gasteiger partial charge in [0.05, 0.1) is 0 Å². The van der Waals surface area contributed by atoms with Crippen LogP contribution in [0.1, 0.15) is 19.8 Å². The maximum absolute atomic E-state index is 12.8.